The zero-order valence-electron chi connectivity index (χ0n) is 16.0. The predicted molar refractivity (Wildman–Crippen MR) is 117 cm³/mol. The number of carbonyl (C=O) groups is 1. The lowest BCUT2D eigenvalue weighted by atomic mass is 10.2. The molecule has 2 aromatic carbocycles. The molecule has 1 amide bonds. The molecule has 0 bridgehead atoms. The fourth-order valence-corrected chi connectivity index (χ4v) is 4.85. The number of rotatable bonds is 6. The van der Waals surface area contributed by atoms with E-state index in [2.05, 4.69) is 27.8 Å². The maximum atomic E-state index is 12.8. The van der Waals surface area contributed by atoms with Gasteiger partial charge in [0.25, 0.3) is 5.91 Å². The molecule has 0 aliphatic rings. The number of aromatic nitrogens is 1. The second-order valence-corrected chi connectivity index (χ2v) is 7.99. The summed E-state index contributed by atoms with van der Waals surface area (Å²) in [5, 5.41) is 6.91. The van der Waals surface area contributed by atoms with Crippen molar-refractivity contribution in [3.05, 3.63) is 52.9 Å². The van der Waals surface area contributed by atoms with Crippen LogP contribution in [0.5, 0.6) is 17.2 Å². The van der Waals surface area contributed by atoms with Crippen LogP contribution in [0.2, 0.25) is 0 Å². The van der Waals surface area contributed by atoms with Gasteiger partial charge in [0, 0.05) is 38.8 Å². The zero-order valence-corrected chi connectivity index (χ0v) is 17.6. The van der Waals surface area contributed by atoms with Crippen molar-refractivity contribution in [2.45, 2.75) is 0 Å². The number of thiazole rings is 1. The maximum absolute atomic E-state index is 12.8. The molecule has 0 aliphatic heterocycles. The van der Waals surface area contributed by atoms with Crippen LogP contribution >= 0.6 is 22.7 Å². The average molecular weight is 427 g/mol. The second kappa shape index (κ2) is 8.10. The molecule has 0 spiro atoms. The molecule has 0 saturated carbocycles. The van der Waals surface area contributed by atoms with Crippen LogP contribution in [0.1, 0.15) is 9.67 Å². The van der Waals surface area contributed by atoms with Crippen molar-refractivity contribution in [2.75, 3.05) is 26.6 Å². The minimum Gasteiger partial charge on any atom is -0.493 e. The fourth-order valence-electron chi connectivity index (χ4n) is 2.99. The van der Waals surface area contributed by atoms with E-state index in [0.29, 0.717) is 27.8 Å². The van der Waals surface area contributed by atoms with E-state index in [4.69, 9.17) is 14.2 Å². The van der Waals surface area contributed by atoms with E-state index in [1.165, 1.54) is 37.4 Å². The van der Waals surface area contributed by atoms with E-state index in [0.717, 1.165) is 16.0 Å². The van der Waals surface area contributed by atoms with Gasteiger partial charge in [0.2, 0.25) is 5.75 Å². The van der Waals surface area contributed by atoms with Gasteiger partial charge in [0.1, 0.15) is 9.88 Å². The third-order valence-electron chi connectivity index (χ3n) is 4.36. The standard InChI is InChI=1S/C21H18N2O4S2/c1-25-15-8-12(9-16(26-2)19(15)27-3)23-20(24)18-10-22-21(29-18)14-11-28-17-7-5-4-6-13(14)17/h4-11H,1-3H3,(H,23,24). The molecule has 0 atom stereocenters. The van der Waals surface area contributed by atoms with Crippen molar-refractivity contribution in [3.63, 3.8) is 0 Å². The molecule has 4 rings (SSSR count). The molecular weight excluding hydrogens is 408 g/mol. The van der Waals surface area contributed by atoms with Crippen molar-refractivity contribution in [1.82, 2.24) is 4.98 Å². The number of ether oxygens (including phenoxy) is 3. The van der Waals surface area contributed by atoms with Gasteiger partial charge in [-0.05, 0) is 6.07 Å². The van der Waals surface area contributed by atoms with Crippen molar-refractivity contribution >= 4 is 44.4 Å². The summed E-state index contributed by atoms with van der Waals surface area (Å²) in [4.78, 5) is 17.7. The number of anilines is 1. The van der Waals surface area contributed by atoms with Gasteiger partial charge < -0.3 is 19.5 Å². The highest BCUT2D eigenvalue weighted by Gasteiger charge is 2.17. The largest absolute Gasteiger partial charge is 0.493 e. The summed E-state index contributed by atoms with van der Waals surface area (Å²) in [6, 6.07) is 11.5. The first-order valence-corrected chi connectivity index (χ1v) is 10.4. The lowest BCUT2D eigenvalue weighted by molar-refractivity contribution is 0.103. The SMILES string of the molecule is COc1cc(NC(=O)c2cnc(-c3csc4ccccc34)s2)cc(OC)c1OC. The summed E-state index contributed by atoms with van der Waals surface area (Å²) in [6.07, 6.45) is 1.60. The third-order valence-corrected chi connectivity index (χ3v) is 6.36. The Morgan fingerprint density at radius 3 is 2.45 bits per heavy atom. The molecule has 0 saturated heterocycles. The minimum atomic E-state index is -0.248. The summed E-state index contributed by atoms with van der Waals surface area (Å²) >= 11 is 3.02. The fraction of sp³-hybridized carbons (Fsp3) is 0.143. The highest BCUT2D eigenvalue weighted by Crippen LogP contribution is 2.40. The maximum Gasteiger partial charge on any atom is 0.267 e. The van der Waals surface area contributed by atoms with E-state index in [1.54, 1.807) is 29.7 Å². The van der Waals surface area contributed by atoms with Gasteiger partial charge in [-0.3, -0.25) is 4.79 Å². The molecule has 0 unspecified atom stereocenters. The molecular formula is C21H18N2O4S2. The Labute approximate surface area is 175 Å². The first kappa shape index (κ1) is 19.2. The van der Waals surface area contributed by atoms with E-state index in [9.17, 15) is 4.79 Å². The lowest BCUT2D eigenvalue weighted by Crippen LogP contribution is -2.10. The number of hydrogen-bond donors (Lipinski definition) is 1. The minimum absolute atomic E-state index is 0.248. The number of amides is 1. The summed E-state index contributed by atoms with van der Waals surface area (Å²) < 4.78 is 17.2. The van der Waals surface area contributed by atoms with Gasteiger partial charge in [0.05, 0.1) is 27.5 Å². The van der Waals surface area contributed by atoms with Crippen molar-refractivity contribution in [3.8, 4) is 27.8 Å². The molecule has 0 fully saturated rings. The van der Waals surface area contributed by atoms with Crippen LogP contribution in [0.4, 0.5) is 5.69 Å². The van der Waals surface area contributed by atoms with E-state index < -0.39 is 0 Å². The molecule has 148 valence electrons. The van der Waals surface area contributed by atoms with Crippen molar-refractivity contribution < 1.29 is 19.0 Å². The Morgan fingerprint density at radius 1 is 1.03 bits per heavy atom. The number of fused-ring (bicyclic) bond motifs is 1. The molecule has 6 nitrogen and oxygen atoms in total. The Bertz CT molecular complexity index is 1160. The number of nitrogens with zero attached hydrogens (tertiary/aromatic N) is 1. The first-order chi connectivity index (χ1) is 14.1. The summed E-state index contributed by atoms with van der Waals surface area (Å²) in [6.45, 7) is 0. The molecule has 0 radical (unpaired) electrons. The first-order valence-electron chi connectivity index (χ1n) is 8.68. The average Bonchev–Trinajstić information content (AvgIpc) is 3.40. The second-order valence-electron chi connectivity index (χ2n) is 6.04. The van der Waals surface area contributed by atoms with Gasteiger partial charge in [0.15, 0.2) is 11.5 Å². The van der Waals surface area contributed by atoms with Crippen LogP contribution < -0.4 is 19.5 Å². The summed E-state index contributed by atoms with van der Waals surface area (Å²) in [5.41, 5.74) is 1.59. The number of benzene rings is 2. The van der Waals surface area contributed by atoms with E-state index >= 15 is 0 Å². The summed E-state index contributed by atoms with van der Waals surface area (Å²) in [5.74, 6) is 1.16. The molecule has 0 aliphatic carbocycles. The van der Waals surface area contributed by atoms with Gasteiger partial charge in [-0.2, -0.15) is 0 Å². The van der Waals surface area contributed by atoms with Gasteiger partial charge in [-0.15, -0.1) is 22.7 Å². The zero-order chi connectivity index (χ0) is 20.4. The van der Waals surface area contributed by atoms with Gasteiger partial charge >= 0.3 is 0 Å². The monoisotopic (exact) mass is 426 g/mol. The Morgan fingerprint density at radius 2 is 1.76 bits per heavy atom. The number of thiophene rings is 1. The molecule has 1 N–H and O–H groups in total. The van der Waals surface area contributed by atoms with E-state index in [-0.39, 0.29) is 5.91 Å². The van der Waals surface area contributed by atoms with Crippen LogP contribution in [0.15, 0.2) is 48.0 Å². The molecule has 4 aromatic rings. The number of methoxy groups -OCH3 is 3. The van der Waals surface area contributed by atoms with Crippen molar-refractivity contribution in [1.29, 1.82) is 0 Å². The van der Waals surface area contributed by atoms with Crippen LogP contribution in [0.25, 0.3) is 20.7 Å². The van der Waals surface area contributed by atoms with Crippen LogP contribution in [-0.4, -0.2) is 32.2 Å². The highest BCUT2D eigenvalue weighted by atomic mass is 32.1. The van der Waals surface area contributed by atoms with E-state index in [1.807, 2.05) is 12.1 Å². The quantitative estimate of drug-likeness (QED) is 0.453. The Hall–Kier alpha value is -3.10. The third kappa shape index (κ3) is 3.64. The van der Waals surface area contributed by atoms with Gasteiger partial charge in [-0.25, -0.2) is 4.98 Å². The highest BCUT2D eigenvalue weighted by molar-refractivity contribution is 7.20. The Kier molecular flexibility index (Phi) is 5.37. The smallest absolute Gasteiger partial charge is 0.267 e. The van der Waals surface area contributed by atoms with Crippen LogP contribution in [-0.2, 0) is 0 Å². The molecule has 29 heavy (non-hydrogen) atoms. The number of hydrogen-bond acceptors (Lipinski definition) is 7. The normalized spacial score (nSPS) is 10.7. The summed E-state index contributed by atoms with van der Waals surface area (Å²) in [7, 11) is 4.60. The molecule has 2 aromatic heterocycles. The van der Waals surface area contributed by atoms with Crippen LogP contribution in [0.3, 0.4) is 0 Å². The topological polar surface area (TPSA) is 69.7 Å². The Balaban J connectivity index is 1.60. The molecule has 2 heterocycles. The lowest BCUT2D eigenvalue weighted by Gasteiger charge is -2.14. The van der Waals surface area contributed by atoms with Crippen LogP contribution in [0, 0.1) is 0 Å². The van der Waals surface area contributed by atoms with Gasteiger partial charge in [-0.1, -0.05) is 18.2 Å². The van der Waals surface area contributed by atoms with Crippen molar-refractivity contribution in [2.24, 2.45) is 0 Å². The number of carbonyl (C=O) groups excluding carboxylic acids is 1. The number of nitrogens with one attached hydrogen (secondary N) is 1. The predicted octanol–water partition coefficient (Wildman–Crippen LogP) is 5.30. The molecule has 8 heteroatoms.